The van der Waals surface area contributed by atoms with Crippen molar-refractivity contribution in [1.29, 1.82) is 0 Å². The van der Waals surface area contributed by atoms with Crippen LogP contribution in [-0.2, 0) is 4.79 Å². The van der Waals surface area contributed by atoms with Crippen LogP contribution in [0.3, 0.4) is 0 Å². The van der Waals surface area contributed by atoms with Gasteiger partial charge in [0, 0.05) is 28.5 Å². The van der Waals surface area contributed by atoms with E-state index in [4.69, 9.17) is 4.74 Å². The molecule has 2 heterocycles. The summed E-state index contributed by atoms with van der Waals surface area (Å²) in [4.78, 5) is 16.2. The third-order valence-electron chi connectivity index (χ3n) is 3.30. The Kier molecular flexibility index (Phi) is 4.90. The molecule has 122 valence electrons. The van der Waals surface area contributed by atoms with Crippen LogP contribution in [0.25, 0.3) is 11.3 Å². The number of H-pyrrole nitrogens is 1. The quantitative estimate of drug-likeness (QED) is 0.701. The molecule has 0 aliphatic heterocycles. The molecule has 0 fully saturated rings. The highest BCUT2D eigenvalue weighted by Gasteiger charge is 2.16. The van der Waals surface area contributed by atoms with Crippen LogP contribution < -0.4 is 10.1 Å². The first-order valence-electron chi connectivity index (χ1n) is 7.31. The van der Waals surface area contributed by atoms with Crippen LogP contribution in [0.2, 0.25) is 0 Å². The molecule has 6 nitrogen and oxygen atoms in total. The van der Waals surface area contributed by atoms with Crippen molar-refractivity contribution in [3.05, 3.63) is 59.3 Å². The van der Waals surface area contributed by atoms with Gasteiger partial charge in [-0.2, -0.15) is 5.10 Å². The Balaban J connectivity index is 1.63. The fraction of sp³-hybridized carbons (Fsp3) is 0.118. The summed E-state index contributed by atoms with van der Waals surface area (Å²) in [6, 6.07) is 12.8. The van der Waals surface area contributed by atoms with Gasteiger partial charge in [-0.05, 0) is 37.3 Å². The second-order valence-electron chi connectivity index (χ2n) is 5.11. The van der Waals surface area contributed by atoms with Crippen molar-refractivity contribution in [2.45, 2.75) is 13.0 Å². The summed E-state index contributed by atoms with van der Waals surface area (Å²) in [5, 5.41) is 9.71. The van der Waals surface area contributed by atoms with Crippen LogP contribution in [0.4, 0.5) is 5.82 Å². The Bertz CT molecular complexity index is 835. The molecular weight excluding hydrogens is 372 g/mol. The van der Waals surface area contributed by atoms with E-state index in [0.717, 1.165) is 15.7 Å². The van der Waals surface area contributed by atoms with Gasteiger partial charge in [0.15, 0.2) is 11.9 Å². The number of hydrogen-bond donors (Lipinski definition) is 2. The van der Waals surface area contributed by atoms with Crippen molar-refractivity contribution in [3.63, 3.8) is 0 Å². The molecule has 2 N–H and O–H groups in total. The van der Waals surface area contributed by atoms with Crippen molar-refractivity contribution >= 4 is 27.7 Å². The lowest BCUT2D eigenvalue weighted by Gasteiger charge is -2.13. The summed E-state index contributed by atoms with van der Waals surface area (Å²) < 4.78 is 6.52. The number of hydrogen-bond acceptors (Lipinski definition) is 4. The molecule has 1 atom stereocenters. The predicted molar refractivity (Wildman–Crippen MR) is 94.7 cm³/mol. The van der Waals surface area contributed by atoms with Gasteiger partial charge in [0.25, 0.3) is 5.91 Å². The maximum absolute atomic E-state index is 12.2. The fourth-order valence-corrected chi connectivity index (χ4v) is 2.47. The number of carbonyl (C=O) groups excluding carboxylic acids is 1. The van der Waals surface area contributed by atoms with Gasteiger partial charge in [0.05, 0.1) is 5.69 Å². The molecule has 0 aliphatic carbocycles. The molecule has 7 heteroatoms. The number of rotatable bonds is 5. The normalized spacial score (nSPS) is 11.8. The van der Waals surface area contributed by atoms with Crippen LogP contribution >= 0.6 is 15.9 Å². The molecule has 3 aromatic rings. The Morgan fingerprint density at radius 3 is 2.79 bits per heavy atom. The van der Waals surface area contributed by atoms with E-state index in [2.05, 4.69) is 36.4 Å². The largest absolute Gasteiger partial charge is 0.481 e. The third kappa shape index (κ3) is 3.99. The van der Waals surface area contributed by atoms with Crippen LogP contribution in [0, 0.1) is 0 Å². The number of amides is 1. The van der Waals surface area contributed by atoms with Gasteiger partial charge >= 0.3 is 0 Å². The van der Waals surface area contributed by atoms with Crippen LogP contribution in [-0.4, -0.2) is 27.2 Å². The van der Waals surface area contributed by atoms with Crippen molar-refractivity contribution in [1.82, 2.24) is 15.2 Å². The minimum Gasteiger partial charge on any atom is -0.481 e. The Labute approximate surface area is 147 Å². The molecule has 0 spiro atoms. The molecule has 0 saturated carbocycles. The maximum atomic E-state index is 12.2. The Morgan fingerprint density at radius 1 is 1.25 bits per heavy atom. The number of carbonyl (C=O) groups is 1. The summed E-state index contributed by atoms with van der Waals surface area (Å²) >= 11 is 3.37. The van der Waals surface area contributed by atoms with E-state index in [1.54, 1.807) is 37.5 Å². The van der Waals surface area contributed by atoms with Gasteiger partial charge < -0.3 is 10.1 Å². The van der Waals surface area contributed by atoms with Crippen LogP contribution in [0.1, 0.15) is 6.92 Å². The molecule has 0 aliphatic rings. The second-order valence-corrected chi connectivity index (χ2v) is 6.03. The smallest absolute Gasteiger partial charge is 0.266 e. The average molecular weight is 387 g/mol. The van der Waals surface area contributed by atoms with Crippen LogP contribution in [0.5, 0.6) is 5.75 Å². The summed E-state index contributed by atoms with van der Waals surface area (Å²) in [7, 11) is 0. The van der Waals surface area contributed by atoms with Crippen LogP contribution in [0.15, 0.2) is 59.3 Å². The number of halogens is 1. The number of nitrogens with zero attached hydrogens (tertiary/aromatic N) is 2. The fourth-order valence-electron chi connectivity index (χ4n) is 2.09. The molecule has 0 saturated heterocycles. The first-order valence-corrected chi connectivity index (χ1v) is 8.10. The van der Waals surface area contributed by atoms with Crippen molar-refractivity contribution in [3.8, 4) is 17.0 Å². The number of aromatic nitrogens is 3. The summed E-state index contributed by atoms with van der Waals surface area (Å²) in [5.41, 5.74) is 1.74. The zero-order valence-corrected chi connectivity index (χ0v) is 14.4. The lowest BCUT2D eigenvalue weighted by Crippen LogP contribution is -2.30. The molecule has 0 bridgehead atoms. The lowest BCUT2D eigenvalue weighted by molar-refractivity contribution is -0.122. The van der Waals surface area contributed by atoms with E-state index in [0.29, 0.717) is 11.6 Å². The molecule has 1 unspecified atom stereocenters. The molecule has 3 rings (SSSR count). The summed E-state index contributed by atoms with van der Waals surface area (Å²) in [6.07, 6.45) is 2.74. The molecular formula is C17H15BrN4O2. The minimum absolute atomic E-state index is 0.275. The third-order valence-corrected chi connectivity index (χ3v) is 3.79. The number of pyridine rings is 1. The molecule has 1 aromatic carbocycles. The SMILES string of the molecule is CC(Oc1cccc(Br)c1)C(=O)Nc1cc(-c2ccncc2)[nH]n1. The van der Waals surface area contributed by atoms with E-state index in [9.17, 15) is 4.79 Å². The van der Waals surface area contributed by atoms with E-state index >= 15 is 0 Å². The highest BCUT2D eigenvalue weighted by atomic mass is 79.9. The van der Waals surface area contributed by atoms with Gasteiger partial charge in [0.1, 0.15) is 5.75 Å². The lowest BCUT2D eigenvalue weighted by atomic mass is 10.2. The minimum atomic E-state index is -0.652. The van der Waals surface area contributed by atoms with Gasteiger partial charge in [-0.15, -0.1) is 0 Å². The van der Waals surface area contributed by atoms with Gasteiger partial charge in [-0.3, -0.25) is 14.9 Å². The highest BCUT2D eigenvalue weighted by Crippen LogP contribution is 2.20. The van der Waals surface area contributed by atoms with Crippen molar-refractivity contribution < 1.29 is 9.53 Å². The molecule has 0 radical (unpaired) electrons. The van der Waals surface area contributed by atoms with E-state index < -0.39 is 6.10 Å². The topological polar surface area (TPSA) is 79.9 Å². The van der Waals surface area contributed by atoms with Crippen molar-refractivity contribution in [2.75, 3.05) is 5.32 Å². The molecule has 2 aromatic heterocycles. The predicted octanol–water partition coefficient (Wildman–Crippen LogP) is 3.64. The molecule has 24 heavy (non-hydrogen) atoms. The number of benzene rings is 1. The monoisotopic (exact) mass is 386 g/mol. The number of ether oxygens (including phenoxy) is 1. The van der Waals surface area contributed by atoms with Gasteiger partial charge in [0.2, 0.25) is 0 Å². The Morgan fingerprint density at radius 2 is 2.04 bits per heavy atom. The number of nitrogens with one attached hydrogen (secondary N) is 2. The molecule has 1 amide bonds. The van der Waals surface area contributed by atoms with Gasteiger partial charge in [-0.25, -0.2) is 0 Å². The first-order chi connectivity index (χ1) is 11.6. The van der Waals surface area contributed by atoms with Gasteiger partial charge in [-0.1, -0.05) is 22.0 Å². The second kappa shape index (κ2) is 7.27. The number of anilines is 1. The first kappa shape index (κ1) is 16.2. The van der Waals surface area contributed by atoms with Crippen molar-refractivity contribution in [2.24, 2.45) is 0 Å². The van der Waals surface area contributed by atoms with E-state index in [1.165, 1.54) is 0 Å². The zero-order chi connectivity index (χ0) is 16.9. The zero-order valence-electron chi connectivity index (χ0n) is 12.9. The maximum Gasteiger partial charge on any atom is 0.266 e. The summed E-state index contributed by atoms with van der Waals surface area (Å²) in [5.74, 6) is 0.783. The van der Waals surface area contributed by atoms with E-state index in [-0.39, 0.29) is 5.91 Å². The highest BCUT2D eigenvalue weighted by molar-refractivity contribution is 9.10. The summed E-state index contributed by atoms with van der Waals surface area (Å²) in [6.45, 7) is 1.69. The standard InChI is InChI=1S/C17H15BrN4O2/c1-11(24-14-4-2-3-13(18)9-14)17(23)20-16-10-15(21-22-16)12-5-7-19-8-6-12/h2-11H,1H3,(H2,20,21,22,23). The van der Waals surface area contributed by atoms with E-state index in [1.807, 2.05) is 24.3 Å². The Hall–Kier alpha value is -2.67. The average Bonchev–Trinajstić information content (AvgIpc) is 3.04. The number of aromatic amines is 1.